The molecule has 0 unspecified atom stereocenters. The Morgan fingerprint density at radius 1 is 1.11 bits per heavy atom. The quantitative estimate of drug-likeness (QED) is 0.693. The van der Waals surface area contributed by atoms with Crippen molar-refractivity contribution >= 4 is 16.1 Å². The lowest BCUT2D eigenvalue weighted by atomic mass is 10.1. The smallest absolute Gasteiger partial charge is 0.314 e. The van der Waals surface area contributed by atoms with Gasteiger partial charge in [-0.2, -0.15) is 5.10 Å². The topological polar surface area (TPSA) is 124 Å². The number of primary sulfonamides is 1. The van der Waals surface area contributed by atoms with Crippen molar-refractivity contribution in [2.45, 2.75) is 11.4 Å². The summed E-state index contributed by atoms with van der Waals surface area (Å²) in [5, 5.41) is 9.71. The number of hydrogen-bond donors (Lipinski definition) is 2. The van der Waals surface area contributed by atoms with Crippen LogP contribution in [0.5, 0.6) is 0 Å². The van der Waals surface area contributed by atoms with Crippen molar-refractivity contribution < 1.29 is 13.2 Å². The molecule has 0 spiro atoms. The van der Waals surface area contributed by atoms with Gasteiger partial charge in [0.05, 0.1) is 28.5 Å². The van der Waals surface area contributed by atoms with Crippen LogP contribution in [0.4, 0.5) is 4.79 Å². The van der Waals surface area contributed by atoms with Gasteiger partial charge in [-0.1, -0.05) is 30.3 Å². The van der Waals surface area contributed by atoms with Crippen LogP contribution in [0.15, 0.2) is 65.6 Å². The van der Waals surface area contributed by atoms with Crippen LogP contribution in [-0.2, 0) is 16.6 Å². The number of urea groups is 1. The molecule has 0 saturated carbocycles. The molecule has 0 radical (unpaired) electrons. The molecule has 2 amide bonds. The summed E-state index contributed by atoms with van der Waals surface area (Å²) in [6.45, 7) is 0.247. The van der Waals surface area contributed by atoms with E-state index >= 15 is 0 Å². The average molecular weight is 385 g/mol. The van der Waals surface area contributed by atoms with Crippen LogP contribution in [0.1, 0.15) is 5.69 Å². The molecule has 9 heteroatoms. The maximum absolute atomic E-state index is 11.5. The van der Waals surface area contributed by atoms with Gasteiger partial charge in [-0.15, -0.1) is 0 Å². The minimum absolute atomic E-state index is 0.0216. The number of benzene rings is 2. The Morgan fingerprint density at radius 3 is 2.30 bits per heavy atom. The molecule has 0 aliphatic rings. The molecule has 0 atom stereocenters. The van der Waals surface area contributed by atoms with Crippen molar-refractivity contribution in [1.82, 2.24) is 14.7 Å². The molecular weight excluding hydrogens is 366 g/mol. The summed E-state index contributed by atoms with van der Waals surface area (Å²) in [5.41, 5.74) is 8.32. The van der Waals surface area contributed by atoms with Gasteiger partial charge in [-0.3, -0.25) is 0 Å². The van der Waals surface area contributed by atoms with E-state index in [9.17, 15) is 13.2 Å². The van der Waals surface area contributed by atoms with Crippen LogP contribution < -0.4 is 10.9 Å². The first-order valence-electron chi connectivity index (χ1n) is 8.04. The first-order chi connectivity index (χ1) is 12.8. The highest BCUT2D eigenvalue weighted by molar-refractivity contribution is 7.89. The molecular formula is C18H19N5O3S. The number of aromatic nitrogens is 2. The highest BCUT2D eigenvalue weighted by Crippen LogP contribution is 2.25. The van der Waals surface area contributed by atoms with Gasteiger partial charge in [-0.25, -0.2) is 23.0 Å². The number of nitrogens with zero attached hydrogens (tertiary/aromatic N) is 3. The number of amides is 2. The molecule has 8 nitrogen and oxygen atoms in total. The van der Waals surface area contributed by atoms with Gasteiger partial charge in [0.1, 0.15) is 0 Å². The van der Waals surface area contributed by atoms with E-state index in [0.29, 0.717) is 11.4 Å². The van der Waals surface area contributed by atoms with Gasteiger partial charge in [0.2, 0.25) is 10.0 Å². The van der Waals surface area contributed by atoms with Crippen LogP contribution in [0, 0.1) is 0 Å². The van der Waals surface area contributed by atoms with Gasteiger partial charge in [0.15, 0.2) is 0 Å². The number of nitrogens with two attached hydrogens (primary N) is 2. The predicted octanol–water partition coefficient (Wildman–Crippen LogP) is 1.70. The molecule has 4 N–H and O–H groups in total. The van der Waals surface area contributed by atoms with Crippen molar-refractivity contribution in [3.05, 3.63) is 66.4 Å². The fourth-order valence-corrected chi connectivity index (χ4v) is 3.13. The van der Waals surface area contributed by atoms with Crippen LogP contribution in [-0.4, -0.2) is 36.2 Å². The number of carbonyl (C=O) groups excluding carboxylic acids is 1. The summed E-state index contributed by atoms with van der Waals surface area (Å²) in [6, 6.07) is 17.0. The molecule has 140 valence electrons. The molecule has 0 fully saturated rings. The van der Waals surface area contributed by atoms with Crippen LogP contribution >= 0.6 is 0 Å². The van der Waals surface area contributed by atoms with Crippen LogP contribution in [0.2, 0.25) is 0 Å². The summed E-state index contributed by atoms with van der Waals surface area (Å²) in [7, 11) is -2.18. The third-order valence-electron chi connectivity index (χ3n) is 4.01. The number of hydrogen-bond acceptors (Lipinski definition) is 4. The second kappa shape index (κ2) is 7.22. The van der Waals surface area contributed by atoms with E-state index in [2.05, 4.69) is 5.10 Å². The SMILES string of the molecule is CN(Cc1cc(-c2ccccc2)n(-c2ccc(S(N)(=O)=O)cc2)n1)C(N)=O. The third kappa shape index (κ3) is 4.15. The first kappa shape index (κ1) is 18.6. The number of primary amides is 1. The van der Waals surface area contributed by atoms with E-state index in [1.165, 1.54) is 17.0 Å². The maximum atomic E-state index is 11.5. The Hall–Kier alpha value is -3.17. The number of carbonyl (C=O) groups is 1. The standard InChI is InChI=1S/C18H19N5O3S/c1-22(18(19)24)12-14-11-17(13-5-3-2-4-6-13)23(21-14)15-7-9-16(10-8-15)27(20,25)26/h2-11H,12H2,1H3,(H2,19,24)(H2,20,25,26). The zero-order valence-corrected chi connectivity index (χ0v) is 15.4. The second-order valence-electron chi connectivity index (χ2n) is 6.03. The lowest BCUT2D eigenvalue weighted by molar-refractivity contribution is 0.216. The van der Waals surface area contributed by atoms with E-state index in [1.807, 2.05) is 36.4 Å². The highest BCUT2D eigenvalue weighted by Gasteiger charge is 2.15. The number of sulfonamides is 1. The Bertz CT molecular complexity index is 1060. The maximum Gasteiger partial charge on any atom is 0.314 e. The predicted molar refractivity (Wildman–Crippen MR) is 101 cm³/mol. The monoisotopic (exact) mass is 385 g/mol. The molecule has 0 bridgehead atoms. The fraction of sp³-hybridized carbons (Fsp3) is 0.111. The zero-order chi connectivity index (χ0) is 19.6. The zero-order valence-electron chi connectivity index (χ0n) is 14.6. The summed E-state index contributed by atoms with van der Waals surface area (Å²) >= 11 is 0. The van der Waals surface area contributed by atoms with E-state index in [0.717, 1.165) is 11.3 Å². The van der Waals surface area contributed by atoms with E-state index < -0.39 is 16.1 Å². The molecule has 1 aromatic heterocycles. The lowest BCUT2D eigenvalue weighted by Gasteiger charge is -2.11. The van der Waals surface area contributed by atoms with E-state index in [4.69, 9.17) is 10.9 Å². The third-order valence-corrected chi connectivity index (χ3v) is 4.94. The lowest BCUT2D eigenvalue weighted by Crippen LogP contribution is -2.31. The molecule has 27 heavy (non-hydrogen) atoms. The van der Waals surface area contributed by atoms with Gasteiger partial charge < -0.3 is 10.6 Å². The molecule has 2 aromatic carbocycles. The molecule has 3 aromatic rings. The van der Waals surface area contributed by atoms with E-state index in [-0.39, 0.29) is 11.4 Å². The summed E-state index contributed by atoms with van der Waals surface area (Å²) in [4.78, 5) is 12.7. The van der Waals surface area contributed by atoms with Crippen molar-refractivity contribution in [2.75, 3.05) is 7.05 Å². The second-order valence-corrected chi connectivity index (χ2v) is 7.59. The normalized spacial score (nSPS) is 11.3. The molecule has 0 aliphatic carbocycles. The van der Waals surface area contributed by atoms with E-state index in [1.54, 1.807) is 23.9 Å². The minimum Gasteiger partial charge on any atom is -0.351 e. The number of rotatable bonds is 5. The minimum atomic E-state index is -3.77. The summed E-state index contributed by atoms with van der Waals surface area (Å²) < 4.78 is 24.6. The van der Waals surface area contributed by atoms with Crippen LogP contribution in [0.3, 0.4) is 0 Å². The van der Waals surface area contributed by atoms with Crippen molar-refractivity contribution in [3.63, 3.8) is 0 Å². The van der Waals surface area contributed by atoms with Gasteiger partial charge >= 0.3 is 6.03 Å². The Kier molecular flexibility index (Phi) is 4.98. The highest BCUT2D eigenvalue weighted by atomic mass is 32.2. The first-order valence-corrected chi connectivity index (χ1v) is 9.58. The van der Waals surface area contributed by atoms with Gasteiger partial charge in [0.25, 0.3) is 0 Å². The van der Waals surface area contributed by atoms with Crippen LogP contribution in [0.25, 0.3) is 16.9 Å². The van der Waals surface area contributed by atoms with Crippen molar-refractivity contribution in [1.29, 1.82) is 0 Å². The fourth-order valence-electron chi connectivity index (χ4n) is 2.62. The molecule has 0 aliphatic heterocycles. The van der Waals surface area contributed by atoms with Crippen molar-refractivity contribution in [2.24, 2.45) is 10.9 Å². The van der Waals surface area contributed by atoms with Gasteiger partial charge in [0, 0.05) is 12.6 Å². The van der Waals surface area contributed by atoms with Crippen molar-refractivity contribution in [3.8, 4) is 16.9 Å². The Balaban J connectivity index is 2.07. The van der Waals surface area contributed by atoms with Gasteiger partial charge in [-0.05, 0) is 30.3 Å². The largest absolute Gasteiger partial charge is 0.351 e. The molecule has 3 rings (SSSR count). The molecule has 1 heterocycles. The summed E-state index contributed by atoms with van der Waals surface area (Å²) in [6.07, 6.45) is 0. The average Bonchev–Trinajstić information content (AvgIpc) is 3.05. The Morgan fingerprint density at radius 2 is 1.74 bits per heavy atom. The summed E-state index contributed by atoms with van der Waals surface area (Å²) in [5.74, 6) is 0. The Labute approximate surface area is 157 Å². The molecule has 0 saturated heterocycles.